The monoisotopic (exact) mass is 420 g/mol. The molecule has 3 aliphatic rings. The van der Waals surface area contributed by atoms with Crippen molar-refractivity contribution in [2.24, 2.45) is 5.92 Å². The van der Waals surface area contributed by atoms with E-state index in [2.05, 4.69) is 22.3 Å². The zero-order chi connectivity index (χ0) is 19.3. The summed E-state index contributed by atoms with van der Waals surface area (Å²) in [5.41, 5.74) is 2.70. The van der Waals surface area contributed by atoms with E-state index in [9.17, 15) is 4.79 Å². The molecule has 162 valence electrons. The Hall–Kier alpha value is -1.26. The third kappa shape index (κ3) is 5.27. The number of hydrogen-bond donors (Lipinski definition) is 1. The number of likely N-dealkylation sites (tertiary alicyclic amines) is 1. The van der Waals surface area contributed by atoms with Crippen LogP contribution in [0, 0.1) is 5.92 Å². The van der Waals surface area contributed by atoms with E-state index in [0.717, 1.165) is 24.5 Å². The van der Waals surface area contributed by atoms with E-state index in [1.807, 2.05) is 13.0 Å². The average Bonchev–Trinajstić information content (AvgIpc) is 3.15. The third-order valence-electron chi connectivity index (χ3n) is 7.19. The number of fused-ring (bicyclic) bond motifs is 3. The molecule has 5 heteroatoms. The lowest BCUT2D eigenvalue weighted by Gasteiger charge is -2.35. The number of nitrogens with one attached hydrogen (secondary N) is 1. The molecule has 1 saturated heterocycles. The van der Waals surface area contributed by atoms with Gasteiger partial charge in [0.2, 0.25) is 0 Å². The van der Waals surface area contributed by atoms with Gasteiger partial charge in [-0.2, -0.15) is 0 Å². The minimum atomic E-state index is -0.321. The molecule has 0 radical (unpaired) electrons. The highest BCUT2D eigenvalue weighted by molar-refractivity contribution is 5.85. The first-order chi connectivity index (χ1) is 13.8. The SMILES string of the molecule is CCCNC(=O)Oc1cccc2c1CCC1C2CCN1CCC1CCCCC1.Cl. The molecule has 0 aromatic heterocycles. The normalized spacial score (nSPS) is 24.3. The van der Waals surface area contributed by atoms with Crippen LogP contribution in [0.1, 0.15) is 81.8 Å². The summed E-state index contributed by atoms with van der Waals surface area (Å²) >= 11 is 0. The maximum atomic E-state index is 12.0. The highest BCUT2D eigenvalue weighted by Crippen LogP contribution is 2.44. The largest absolute Gasteiger partial charge is 0.412 e. The number of hydrogen-bond acceptors (Lipinski definition) is 3. The van der Waals surface area contributed by atoms with Gasteiger partial charge in [-0.1, -0.05) is 51.2 Å². The smallest absolute Gasteiger partial charge is 0.410 e. The summed E-state index contributed by atoms with van der Waals surface area (Å²) in [6.07, 6.45) is 12.7. The predicted molar refractivity (Wildman–Crippen MR) is 120 cm³/mol. The van der Waals surface area contributed by atoms with Crippen LogP contribution in [-0.4, -0.2) is 36.7 Å². The molecule has 1 amide bonds. The van der Waals surface area contributed by atoms with Crippen LogP contribution in [-0.2, 0) is 6.42 Å². The summed E-state index contributed by atoms with van der Waals surface area (Å²) in [7, 11) is 0. The van der Waals surface area contributed by atoms with E-state index in [0.29, 0.717) is 18.5 Å². The van der Waals surface area contributed by atoms with Gasteiger partial charge in [-0.05, 0) is 68.3 Å². The summed E-state index contributed by atoms with van der Waals surface area (Å²) in [5, 5.41) is 2.82. The van der Waals surface area contributed by atoms with Crippen molar-refractivity contribution in [3.63, 3.8) is 0 Å². The molecule has 0 bridgehead atoms. The molecule has 1 heterocycles. The summed E-state index contributed by atoms with van der Waals surface area (Å²) in [5.74, 6) is 2.34. The average molecular weight is 421 g/mol. The number of ether oxygens (including phenoxy) is 1. The second kappa shape index (κ2) is 10.7. The van der Waals surface area contributed by atoms with Crippen LogP contribution in [0.4, 0.5) is 4.79 Å². The number of carbonyl (C=O) groups excluding carboxylic acids is 1. The maximum Gasteiger partial charge on any atom is 0.412 e. The van der Waals surface area contributed by atoms with Crippen LogP contribution in [0.25, 0.3) is 0 Å². The van der Waals surface area contributed by atoms with Crippen LogP contribution in [0.5, 0.6) is 5.75 Å². The second-order valence-corrected chi connectivity index (χ2v) is 8.97. The topological polar surface area (TPSA) is 41.6 Å². The van der Waals surface area contributed by atoms with Gasteiger partial charge < -0.3 is 10.1 Å². The molecule has 1 aliphatic heterocycles. The van der Waals surface area contributed by atoms with E-state index in [4.69, 9.17) is 4.74 Å². The van der Waals surface area contributed by atoms with Crippen molar-refractivity contribution in [3.05, 3.63) is 29.3 Å². The second-order valence-electron chi connectivity index (χ2n) is 8.97. The number of halogens is 1. The van der Waals surface area contributed by atoms with Crippen LogP contribution >= 0.6 is 12.4 Å². The first kappa shape index (κ1) is 22.4. The molecule has 4 rings (SSSR count). The number of nitrogens with zero attached hydrogens (tertiary/aromatic N) is 1. The molecule has 4 nitrogen and oxygen atoms in total. The van der Waals surface area contributed by atoms with Crippen molar-refractivity contribution in [2.45, 2.75) is 83.1 Å². The Morgan fingerprint density at radius 3 is 2.79 bits per heavy atom. The van der Waals surface area contributed by atoms with Gasteiger partial charge in [-0.25, -0.2) is 4.79 Å². The van der Waals surface area contributed by atoms with Gasteiger partial charge in [-0.3, -0.25) is 4.90 Å². The zero-order valence-corrected chi connectivity index (χ0v) is 18.6. The van der Waals surface area contributed by atoms with E-state index in [1.165, 1.54) is 75.6 Å². The zero-order valence-electron chi connectivity index (χ0n) is 17.8. The fourth-order valence-corrected chi connectivity index (χ4v) is 5.71. The van der Waals surface area contributed by atoms with Gasteiger partial charge >= 0.3 is 6.09 Å². The van der Waals surface area contributed by atoms with Gasteiger partial charge in [0.1, 0.15) is 5.75 Å². The summed E-state index contributed by atoms with van der Waals surface area (Å²) < 4.78 is 5.65. The molecule has 2 fully saturated rings. The van der Waals surface area contributed by atoms with Crippen LogP contribution in [0.3, 0.4) is 0 Å². The fourth-order valence-electron chi connectivity index (χ4n) is 5.71. The highest BCUT2D eigenvalue weighted by Gasteiger charge is 2.39. The van der Waals surface area contributed by atoms with E-state index in [1.54, 1.807) is 0 Å². The molecule has 1 N–H and O–H groups in total. The van der Waals surface area contributed by atoms with Crippen LogP contribution < -0.4 is 10.1 Å². The maximum absolute atomic E-state index is 12.0. The van der Waals surface area contributed by atoms with E-state index in [-0.39, 0.29) is 18.5 Å². The Bertz CT molecular complexity index is 675. The molecular weight excluding hydrogens is 384 g/mol. The molecule has 2 atom stereocenters. The van der Waals surface area contributed by atoms with Gasteiger partial charge in [-0.15, -0.1) is 12.4 Å². The Kier molecular flexibility index (Phi) is 8.25. The summed E-state index contributed by atoms with van der Waals surface area (Å²) in [4.78, 5) is 14.8. The Labute approximate surface area is 182 Å². The van der Waals surface area contributed by atoms with Crippen molar-refractivity contribution >= 4 is 18.5 Å². The molecule has 0 spiro atoms. The number of rotatable bonds is 6. The van der Waals surface area contributed by atoms with Gasteiger partial charge in [0, 0.05) is 18.5 Å². The van der Waals surface area contributed by atoms with Crippen molar-refractivity contribution in [2.75, 3.05) is 19.6 Å². The predicted octanol–water partition coefficient (Wildman–Crippen LogP) is 5.68. The van der Waals surface area contributed by atoms with Crippen molar-refractivity contribution < 1.29 is 9.53 Å². The number of benzene rings is 1. The molecule has 2 unspecified atom stereocenters. The molecule has 1 aromatic carbocycles. The molecular formula is C24H37ClN2O2. The lowest BCUT2D eigenvalue weighted by molar-refractivity contribution is 0.194. The van der Waals surface area contributed by atoms with E-state index < -0.39 is 0 Å². The third-order valence-corrected chi connectivity index (χ3v) is 7.19. The summed E-state index contributed by atoms with van der Waals surface area (Å²) in [6.45, 7) is 5.21. The lowest BCUT2D eigenvalue weighted by atomic mass is 9.79. The van der Waals surface area contributed by atoms with Crippen LogP contribution in [0.2, 0.25) is 0 Å². The van der Waals surface area contributed by atoms with Gasteiger partial charge in [0.05, 0.1) is 0 Å². The standard InChI is InChI=1S/C24H36N2O2.ClH/c1-2-15-25-24(27)28-23-10-6-9-19-20-14-17-26(22(20)12-11-21(19)23)16-13-18-7-4-3-5-8-18;/h6,9-10,18,20,22H,2-5,7-8,11-17H2,1H3,(H,25,27);1H. The van der Waals surface area contributed by atoms with Crippen molar-refractivity contribution in [1.82, 2.24) is 10.2 Å². The lowest BCUT2D eigenvalue weighted by Crippen LogP contribution is -2.36. The first-order valence-corrected chi connectivity index (χ1v) is 11.6. The first-order valence-electron chi connectivity index (χ1n) is 11.6. The van der Waals surface area contributed by atoms with Crippen molar-refractivity contribution in [3.8, 4) is 5.75 Å². The number of carbonyl (C=O) groups is 1. The highest BCUT2D eigenvalue weighted by atomic mass is 35.5. The Balaban J connectivity index is 0.00000240. The minimum Gasteiger partial charge on any atom is -0.410 e. The molecule has 29 heavy (non-hydrogen) atoms. The molecule has 2 aliphatic carbocycles. The fraction of sp³-hybridized carbons (Fsp3) is 0.708. The summed E-state index contributed by atoms with van der Waals surface area (Å²) in [6, 6.07) is 6.97. The van der Waals surface area contributed by atoms with Gasteiger partial charge in [0.15, 0.2) is 0 Å². The Morgan fingerprint density at radius 1 is 1.17 bits per heavy atom. The van der Waals surface area contributed by atoms with Gasteiger partial charge in [0.25, 0.3) is 0 Å². The van der Waals surface area contributed by atoms with Crippen LogP contribution in [0.15, 0.2) is 18.2 Å². The van der Waals surface area contributed by atoms with Crippen molar-refractivity contribution in [1.29, 1.82) is 0 Å². The minimum absolute atomic E-state index is 0. The molecule has 1 aromatic rings. The van der Waals surface area contributed by atoms with E-state index >= 15 is 0 Å². The molecule has 1 saturated carbocycles. The Morgan fingerprint density at radius 2 is 2.00 bits per heavy atom. The quantitative estimate of drug-likeness (QED) is 0.643. The number of amides is 1.